The minimum absolute atomic E-state index is 0.0732. The standard InChI is InChI=1S/C18H20N2O/c1-12(14-8-5-9-15(19)10-14)18(21)20-17-11-16(17)13-6-3-2-4-7-13/h2-10,12,16-17H,11,19H2,1H3,(H,20,21). The van der Waals surface area contributed by atoms with Gasteiger partial charge in [-0.2, -0.15) is 0 Å². The van der Waals surface area contributed by atoms with Crippen molar-refractivity contribution in [2.75, 3.05) is 5.73 Å². The van der Waals surface area contributed by atoms with E-state index in [4.69, 9.17) is 5.73 Å². The van der Waals surface area contributed by atoms with Crippen LogP contribution in [0.15, 0.2) is 54.6 Å². The van der Waals surface area contributed by atoms with E-state index in [0.717, 1.165) is 12.0 Å². The lowest BCUT2D eigenvalue weighted by Crippen LogP contribution is -2.30. The first kappa shape index (κ1) is 13.7. The first-order chi connectivity index (χ1) is 10.1. The molecular weight excluding hydrogens is 260 g/mol. The average Bonchev–Trinajstić information content (AvgIpc) is 3.26. The van der Waals surface area contributed by atoms with E-state index in [1.54, 1.807) is 0 Å². The number of nitrogens with one attached hydrogen (secondary N) is 1. The highest BCUT2D eigenvalue weighted by Gasteiger charge is 2.39. The number of hydrogen-bond donors (Lipinski definition) is 2. The van der Waals surface area contributed by atoms with Gasteiger partial charge in [0.05, 0.1) is 5.92 Å². The second-order valence-electron chi connectivity index (χ2n) is 5.76. The highest BCUT2D eigenvalue weighted by Crippen LogP contribution is 2.40. The Balaban J connectivity index is 1.60. The monoisotopic (exact) mass is 280 g/mol. The zero-order valence-electron chi connectivity index (χ0n) is 12.1. The van der Waals surface area contributed by atoms with Gasteiger partial charge in [0.15, 0.2) is 0 Å². The third kappa shape index (κ3) is 3.07. The smallest absolute Gasteiger partial charge is 0.227 e. The average molecular weight is 280 g/mol. The quantitative estimate of drug-likeness (QED) is 0.846. The van der Waals surface area contributed by atoms with Gasteiger partial charge < -0.3 is 11.1 Å². The Labute approximate surface area is 125 Å². The summed E-state index contributed by atoms with van der Waals surface area (Å²) in [5.41, 5.74) is 8.74. The predicted molar refractivity (Wildman–Crippen MR) is 85.0 cm³/mol. The predicted octanol–water partition coefficient (Wildman–Crippen LogP) is 3.04. The Morgan fingerprint density at radius 2 is 1.95 bits per heavy atom. The molecule has 0 spiro atoms. The van der Waals surface area contributed by atoms with E-state index < -0.39 is 0 Å². The third-order valence-electron chi connectivity index (χ3n) is 4.15. The van der Waals surface area contributed by atoms with Crippen LogP contribution in [0.5, 0.6) is 0 Å². The molecule has 3 rings (SSSR count). The number of benzene rings is 2. The van der Waals surface area contributed by atoms with Gasteiger partial charge in [-0.1, -0.05) is 42.5 Å². The number of carbonyl (C=O) groups excluding carboxylic acids is 1. The highest BCUT2D eigenvalue weighted by atomic mass is 16.2. The van der Waals surface area contributed by atoms with Crippen LogP contribution >= 0.6 is 0 Å². The Hall–Kier alpha value is -2.29. The number of anilines is 1. The van der Waals surface area contributed by atoms with Crippen LogP contribution in [0.3, 0.4) is 0 Å². The molecule has 1 aliphatic carbocycles. The molecule has 2 aromatic rings. The van der Waals surface area contributed by atoms with Crippen LogP contribution in [-0.2, 0) is 4.79 Å². The molecule has 3 heteroatoms. The van der Waals surface area contributed by atoms with Crippen molar-refractivity contribution in [2.24, 2.45) is 0 Å². The Morgan fingerprint density at radius 1 is 1.19 bits per heavy atom. The lowest BCUT2D eigenvalue weighted by molar-refractivity contribution is -0.122. The molecule has 1 aliphatic rings. The van der Waals surface area contributed by atoms with Gasteiger partial charge in [0.1, 0.15) is 0 Å². The number of carbonyl (C=O) groups is 1. The second-order valence-corrected chi connectivity index (χ2v) is 5.76. The Bertz CT molecular complexity index is 639. The van der Waals surface area contributed by atoms with Gasteiger partial charge in [0, 0.05) is 17.6 Å². The van der Waals surface area contributed by atoms with Crippen molar-refractivity contribution in [1.82, 2.24) is 5.32 Å². The van der Waals surface area contributed by atoms with Gasteiger partial charge in [-0.05, 0) is 36.6 Å². The summed E-state index contributed by atoms with van der Waals surface area (Å²) < 4.78 is 0. The summed E-state index contributed by atoms with van der Waals surface area (Å²) in [7, 11) is 0. The molecule has 108 valence electrons. The van der Waals surface area contributed by atoms with Crippen LogP contribution in [0.2, 0.25) is 0 Å². The second kappa shape index (κ2) is 5.60. The largest absolute Gasteiger partial charge is 0.399 e. The number of hydrogen-bond acceptors (Lipinski definition) is 2. The van der Waals surface area contributed by atoms with Crippen molar-refractivity contribution in [2.45, 2.75) is 31.2 Å². The molecule has 0 bridgehead atoms. The molecule has 0 radical (unpaired) electrons. The molecule has 0 saturated heterocycles. The topological polar surface area (TPSA) is 55.1 Å². The number of rotatable bonds is 4. The summed E-state index contributed by atoms with van der Waals surface area (Å²) in [6, 6.07) is 18.2. The van der Waals surface area contributed by atoms with Crippen molar-refractivity contribution in [3.8, 4) is 0 Å². The minimum Gasteiger partial charge on any atom is -0.399 e. The zero-order chi connectivity index (χ0) is 14.8. The van der Waals surface area contributed by atoms with Crippen molar-refractivity contribution in [1.29, 1.82) is 0 Å². The van der Waals surface area contributed by atoms with E-state index >= 15 is 0 Å². The molecule has 3 N–H and O–H groups in total. The van der Waals surface area contributed by atoms with Crippen LogP contribution in [0, 0.1) is 0 Å². The molecule has 3 atom stereocenters. The molecule has 21 heavy (non-hydrogen) atoms. The number of nitrogen functional groups attached to an aromatic ring is 1. The molecule has 0 aromatic heterocycles. The van der Waals surface area contributed by atoms with E-state index in [2.05, 4.69) is 17.4 Å². The van der Waals surface area contributed by atoms with Gasteiger partial charge in [0.2, 0.25) is 5.91 Å². The summed E-state index contributed by atoms with van der Waals surface area (Å²) >= 11 is 0. The first-order valence-corrected chi connectivity index (χ1v) is 7.36. The highest BCUT2D eigenvalue weighted by molar-refractivity contribution is 5.84. The van der Waals surface area contributed by atoms with Gasteiger partial charge in [-0.25, -0.2) is 0 Å². The van der Waals surface area contributed by atoms with E-state index in [0.29, 0.717) is 11.6 Å². The van der Waals surface area contributed by atoms with Crippen LogP contribution in [0.1, 0.15) is 36.3 Å². The van der Waals surface area contributed by atoms with Gasteiger partial charge in [0.25, 0.3) is 0 Å². The summed E-state index contributed by atoms with van der Waals surface area (Å²) in [6.45, 7) is 1.92. The molecule has 1 saturated carbocycles. The van der Waals surface area contributed by atoms with Crippen LogP contribution in [0.4, 0.5) is 5.69 Å². The molecule has 0 aliphatic heterocycles. The van der Waals surface area contributed by atoms with Gasteiger partial charge in [-0.15, -0.1) is 0 Å². The lowest BCUT2D eigenvalue weighted by atomic mass is 10.00. The molecule has 3 nitrogen and oxygen atoms in total. The summed E-state index contributed by atoms with van der Waals surface area (Å²) in [5, 5.41) is 3.14. The first-order valence-electron chi connectivity index (χ1n) is 7.36. The fourth-order valence-corrected chi connectivity index (χ4v) is 2.71. The number of amides is 1. The molecule has 1 amide bonds. The SMILES string of the molecule is CC(C(=O)NC1CC1c1ccccc1)c1cccc(N)c1. The fraction of sp³-hybridized carbons (Fsp3) is 0.278. The normalized spacial score (nSPS) is 21.6. The summed E-state index contributed by atoms with van der Waals surface area (Å²) in [6.07, 6.45) is 1.03. The zero-order valence-corrected chi connectivity index (χ0v) is 12.1. The van der Waals surface area contributed by atoms with Crippen molar-refractivity contribution in [3.05, 3.63) is 65.7 Å². The van der Waals surface area contributed by atoms with Gasteiger partial charge >= 0.3 is 0 Å². The van der Waals surface area contributed by atoms with E-state index in [9.17, 15) is 4.79 Å². The molecule has 3 unspecified atom stereocenters. The molecule has 0 heterocycles. The number of nitrogens with two attached hydrogens (primary N) is 1. The Kier molecular flexibility index (Phi) is 3.65. The summed E-state index contributed by atoms with van der Waals surface area (Å²) in [5.74, 6) is 0.359. The third-order valence-corrected chi connectivity index (χ3v) is 4.15. The minimum atomic E-state index is -0.175. The van der Waals surface area contributed by atoms with Crippen molar-refractivity contribution >= 4 is 11.6 Å². The Morgan fingerprint density at radius 3 is 2.67 bits per heavy atom. The maximum absolute atomic E-state index is 12.3. The molecular formula is C18H20N2O. The lowest BCUT2D eigenvalue weighted by Gasteiger charge is -2.13. The van der Waals surface area contributed by atoms with E-state index in [1.807, 2.05) is 49.4 Å². The van der Waals surface area contributed by atoms with E-state index in [-0.39, 0.29) is 17.9 Å². The molecule has 1 fully saturated rings. The maximum atomic E-state index is 12.3. The summed E-state index contributed by atoms with van der Waals surface area (Å²) in [4.78, 5) is 12.3. The molecule has 2 aromatic carbocycles. The van der Waals surface area contributed by atoms with Crippen molar-refractivity contribution < 1.29 is 4.79 Å². The van der Waals surface area contributed by atoms with Crippen molar-refractivity contribution in [3.63, 3.8) is 0 Å². The van der Waals surface area contributed by atoms with Gasteiger partial charge in [-0.3, -0.25) is 4.79 Å². The van der Waals surface area contributed by atoms with E-state index in [1.165, 1.54) is 5.56 Å². The maximum Gasteiger partial charge on any atom is 0.227 e. The fourth-order valence-electron chi connectivity index (χ4n) is 2.71. The van der Waals surface area contributed by atoms with Crippen LogP contribution in [-0.4, -0.2) is 11.9 Å². The van der Waals surface area contributed by atoms with Crippen LogP contribution in [0.25, 0.3) is 0 Å². The van der Waals surface area contributed by atoms with Crippen LogP contribution < -0.4 is 11.1 Å².